The van der Waals surface area contributed by atoms with Crippen LogP contribution in [0.25, 0.3) is 10.4 Å². The largest absolute Gasteiger partial charge is 0.330 e. The maximum absolute atomic E-state index is 13.0. The lowest BCUT2D eigenvalue weighted by Gasteiger charge is -2.25. The molecule has 28 heavy (non-hydrogen) atoms. The summed E-state index contributed by atoms with van der Waals surface area (Å²) in [5.74, 6) is -0.0187. The van der Waals surface area contributed by atoms with Crippen LogP contribution in [-0.2, 0) is 13.0 Å². The molecule has 7 heteroatoms. The number of rotatable bonds is 7. The topological polar surface area (TPSA) is 59.2 Å². The Morgan fingerprint density at radius 3 is 2.54 bits per heavy atom. The summed E-state index contributed by atoms with van der Waals surface area (Å²) < 4.78 is 0. The molecule has 2 aromatic heterocycles. The highest BCUT2D eigenvalue weighted by molar-refractivity contribution is 7.15. The Hall–Kier alpha value is -1.73. The first-order chi connectivity index (χ1) is 13.0. The van der Waals surface area contributed by atoms with Gasteiger partial charge in [0.2, 0.25) is 0 Å². The van der Waals surface area contributed by atoms with Crippen molar-refractivity contribution in [3.05, 3.63) is 62.9 Å². The van der Waals surface area contributed by atoms with Crippen LogP contribution < -0.4 is 5.73 Å². The molecule has 4 nitrogen and oxygen atoms in total. The van der Waals surface area contributed by atoms with Crippen LogP contribution >= 0.6 is 35.1 Å². The van der Waals surface area contributed by atoms with Crippen LogP contribution in [0.5, 0.6) is 0 Å². The molecule has 1 aromatic carbocycles. The average Bonchev–Trinajstić information content (AvgIpc) is 3.29. The number of aryl methyl sites for hydroxylation is 1. The molecule has 0 fully saturated rings. The minimum atomic E-state index is -0.0187. The third-order valence-corrected chi connectivity index (χ3v) is 6.36. The van der Waals surface area contributed by atoms with Crippen molar-refractivity contribution in [2.45, 2.75) is 39.8 Å². The maximum Gasteiger partial charge on any atom is 0.273 e. The number of benzene rings is 1. The van der Waals surface area contributed by atoms with Crippen LogP contribution in [-0.4, -0.2) is 28.4 Å². The second-order valence-corrected chi connectivity index (χ2v) is 8.93. The molecule has 0 aliphatic carbocycles. The zero-order valence-electron chi connectivity index (χ0n) is 16.3. The number of aromatic nitrogens is 1. The number of hydrogen-bond donors (Lipinski definition) is 1. The van der Waals surface area contributed by atoms with E-state index in [1.807, 2.05) is 24.1 Å². The van der Waals surface area contributed by atoms with E-state index in [0.717, 1.165) is 5.01 Å². The number of halogens is 1. The van der Waals surface area contributed by atoms with Crippen LogP contribution in [0.15, 0.2) is 41.8 Å². The summed E-state index contributed by atoms with van der Waals surface area (Å²) in [5.41, 5.74) is 8.58. The summed E-state index contributed by atoms with van der Waals surface area (Å²) in [5, 5.41) is 2.76. The monoisotopic (exact) mass is 435 g/mol. The van der Waals surface area contributed by atoms with Crippen LogP contribution in [0.1, 0.15) is 39.8 Å². The zero-order valence-corrected chi connectivity index (χ0v) is 18.8. The number of nitrogens with zero attached hydrogens (tertiary/aromatic N) is 2. The highest BCUT2D eigenvalue weighted by Crippen LogP contribution is 2.29. The number of thiophene rings is 1. The molecular formula is C21H26ClN3OS2. The quantitative estimate of drug-likeness (QED) is 0.558. The first-order valence-electron chi connectivity index (χ1n) is 9.09. The van der Waals surface area contributed by atoms with E-state index < -0.39 is 0 Å². The predicted octanol–water partition coefficient (Wildman–Crippen LogP) is 5.15. The van der Waals surface area contributed by atoms with Crippen LogP contribution in [0.3, 0.4) is 0 Å². The van der Waals surface area contributed by atoms with Crippen LogP contribution in [0.2, 0.25) is 0 Å². The molecular weight excluding hydrogens is 410 g/mol. The van der Waals surface area contributed by atoms with Gasteiger partial charge in [-0.15, -0.1) is 35.1 Å². The summed E-state index contributed by atoms with van der Waals surface area (Å²) in [6, 6.07) is 12.9. The van der Waals surface area contributed by atoms with Crippen molar-refractivity contribution in [3.63, 3.8) is 0 Å². The number of amides is 1. The standard InChI is InChI=1S/C21H25N3OS2.ClH/c1-14(2)24(21(25)18-13-26-20(23-18)10-11-22)12-17-8-9-19(27-17)16-6-4-15(3)5-7-16;/h4-9,13-14H,10-12,22H2,1-3H3;1H. The predicted molar refractivity (Wildman–Crippen MR) is 122 cm³/mol. The van der Waals surface area contributed by atoms with Crippen LogP contribution in [0, 0.1) is 6.92 Å². The molecule has 2 heterocycles. The summed E-state index contributed by atoms with van der Waals surface area (Å²) in [4.78, 5) is 21.7. The van der Waals surface area contributed by atoms with Gasteiger partial charge in [0.25, 0.3) is 5.91 Å². The molecule has 0 saturated heterocycles. The third-order valence-electron chi connectivity index (χ3n) is 4.34. The molecule has 0 aliphatic heterocycles. The van der Waals surface area contributed by atoms with E-state index in [0.29, 0.717) is 25.2 Å². The van der Waals surface area contributed by atoms with Gasteiger partial charge in [-0.3, -0.25) is 4.79 Å². The van der Waals surface area contributed by atoms with Crippen molar-refractivity contribution in [2.75, 3.05) is 6.54 Å². The molecule has 0 saturated carbocycles. The number of hydrogen-bond acceptors (Lipinski definition) is 5. The van der Waals surface area contributed by atoms with Crippen molar-refractivity contribution in [1.82, 2.24) is 9.88 Å². The average molecular weight is 436 g/mol. The Bertz CT molecular complexity index is 903. The fraction of sp³-hybridized carbons (Fsp3) is 0.333. The van der Waals surface area contributed by atoms with Gasteiger partial charge < -0.3 is 10.6 Å². The highest BCUT2D eigenvalue weighted by Gasteiger charge is 2.22. The smallest absolute Gasteiger partial charge is 0.273 e. The minimum Gasteiger partial charge on any atom is -0.330 e. The van der Waals surface area contributed by atoms with Gasteiger partial charge in [0.05, 0.1) is 11.6 Å². The van der Waals surface area contributed by atoms with E-state index >= 15 is 0 Å². The van der Waals surface area contributed by atoms with Gasteiger partial charge in [-0.2, -0.15) is 0 Å². The van der Waals surface area contributed by atoms with Crippen LogP contribution in [0.4, 0.5) is 0 Å². The molecule has 0 aliphatic rings. The van der Waals surface area contributed by atoms with Gasteiger partial charge in [0, 0.05) is 27.6 Å². The Labute approximate surface area is 180 Å². The summed E-state index contributed by atoms with van der Waals surface area (Å²) >= 11 is 3.24. The van der Waals surface area contributed by atoms with E-state index in [9.17, 15) is 4.79 Å². The molecule has 3 rings (SSSR count). The molecule has 0 unspecified atom stereocenters. The lowest BCUT2D eigenvalue weighted by Crippen LogP contribution is -2.36. The number of carbonyl (C=O) groups is 1. The molecule has 2 N–H and O–H groups in total. The molecule has 0 spiro atoms. The van der Waals surface area contributed by atoms with Gasteiger partial charge in [-0.25, -0.2) is 4.98 Å². The van der Waals surface area contributed by atoms with Gasteiger partial charge >= 0.3 is 0 Å². The van der Waals surface area contributed by atoms with Gasteiger partial charge in [-0.1, -0.05) is 29.8 Å². The first kappa shape index (κ1) is 22.6. The second kappa shape index (κ2) is 10.2. The molecule has 0 bridgehead atoms. The number of nitrogens with two attached hydrogens (primary N) is 1. The Morgan fingerprint density at radius 1 is 1.18 bits per heavy atom. The van der Waals surface area contributed by atoms with E-state index in [1.54, 1.807) is 11.3 Å². The summed E-state index contributed by atoms with van der Waals surface area (Å²) in [6.45, 7) is 7.31. The minimum absolute atomic E-state index is 0. The Morgan fingerprint density at radius 2 is 1.89 bits per heavy atom. The number of carbonyl (C=O) groups excluding carboxylic acids is 1. The maximum atomic E-state index is 13.0. The Balaban J connectivity index is 0.00000280. The fourth-order valence-electron chi connectivity index (χ4n) is 2.79. The lowest BCUT2D eigenvalue weighted by molar-refractivity contribution is 0.0687. The third kappa shape index (κ3) is 5.41. The molecule has 0 radical (unpaired) electrons. The van der Waals surface area contributed by atoms with Gasteiger partial charge in [0.15, 0.2) is 0 Å². The SMILES string of the molecule is Cc1ccc(-c2ccc(CN(C(=O)c3csc(CCN)n3)C(C)C)s2)cc1.Cl. The van der Waals surface area contributed by atoms with E-state index in [-0.39, 0.29) is 24.4 Å². The summed E-state index contributed by atoms with van der Waals surface area (Å²) in [6.07, 6.45) is 0.713. The summed E-state index contributed by atoms with van der Waals surface area (Å²) in [7, 11) is 0. The van der Waals surface area contributed by atoms with E-state index in [4.69, 9.17) is 5.73 Å². The van der Waals surface area contributed by atoms with Gasteiger partial charge in [0.1, 0.15) is 5.69 Å². The normalized spacial score (nSPS) is 10.8. The van der Waals surface area contributed by atoms with Crippen molar-refractivity contribution in [2.24, 2.45) is 5.73 Å². The van der Waals surface area contributed by atoms with Crippen molar-refractivity contribution >= 4 is 41.0 Å². The molecule has 3 aromatic rings. The van der Waals surface area contributed by atoms with Crippen molar-refractivity contribution < 1.29 is 4.79 Å². The molecule has 1 amide bonds. The van der Waals surface area contributed by atoms with Gasteiger partial charge in [-0.05, 0) is 45.0 Å². The first-order valence-corrected chi connectivity index (χ1v) is 10.8. The zero-order chi connectivity index (χ0) is 19.4. The van der Waals surface area contributed by atoms with E-state index in [2.05, 4.69) is 48.3 Å². The van der Waals surface area contributed by atoms with Crippen molar-refractivity contribution in [3.8, 4) is 10.4 Å². The fourth-order valence-corrected chi connectivity index (χ4v) is 4.59. The molecule has 0 atom stereocenters. The molecule has 150 valence electrons. The Kier molecular flexibility index (Phi) is 8.19. The highest BCUT2D eigenvalue weighted by atomic mass is 35.5. The van der Waals surface area contributed by atoms with E-state index in [1.165, 1.54) is 32.2 Å². The lowest BCUT2D eigenvalue weighted by atomic mass is 10.1. The second-order valence-electron chi connectivity index (χ2n) is 6.82. The number of thiazole rings is 1. The van der Waals surface area contributed by atoms with Crippen molar-refractivity contribution in [1.29, 1.82) is 0 Å².